The van der Waals surface area contributed by atoms with Crippen molar-refractivity contribution >= 4 is 23.2 Å². The molecule has 1 atom stereocenters. The van der Waals surface area contributed by atoms with E-state index >= 15 is 0 Å². The van der Waals surface area contributed by atoms with Crippen LogP contribution in [0.2, 0.25) is 5.02 Å². The number of rotatable bonds is 5. The van der Waals surface area contributed by atoms with Crippen LogP contribution in [0.4, 0.5) is 5.69 Å². The molecule has 1 unspecified atom stereocenters. The number of carbonyl (C=O) groups excluding carboxylic acids is 1. The molecule has 1 aliphatic rings. The number of amides is 1. The zero-order valence-corrected chi connectivity index (χ0v) is 12.1. The number of methoxy groups -OCH3 is 2. The van der Waals surface area contributed by atoms with Crippen LogP contribution in [0.5, 0.6) is 5.75 Å². The van der Waals surface area contributed by atoms with Gasteiger partial charge >= 0.3 is 0 Å². The SMILES string of the molecule is COc1ccc(NC(=O)C(C)(OC)C2CC2)cc1Cl. The molecule has 104 valence electrons. The first-order valence-electron chi connectivity index (χ1n) is 6.21. The molecule has 0 radical (unpaired) electrons. The Morgan fingerprint density at radius 3 is 2.58 bits per heavy atom. The number of benzene rings is 1. The van der Waals surface area contributed by atoms with Crippen molar-refractivity contribution < 1.29 is 14.3 Å². The van der Waals surface area contributed by atoms with E-state index < -0.39 is 5.60 Å². The highest BCUT2D eigenvalue weighted by Gasteiger charge is 2.47. The van der Waals surface area contributed by atoms with Gasteiger partial charge in [0.2, 0.25) is 0 Å². The lowest BCUT2D eigenvalue weighted by molar-refractivity contribution is -0.138. The highest BCUT2D eigenvalue weighted by atomic mass is 35.5. The second kappa shape index (κ2) is 5.39. The van der Waals surface area contributed by atoms with Crippen molar-refractivity contribution in [3.63, 3.8) is 0 Å². The normalized spacial score (nSPS) is 17.7. The summed E-state index contributed by atoms with van der Waals surface area (Å²) in [5.41, 5.74) is -0.133. The third kappa shape index (κ3) is 2.85. The first kappa shape index (κ1) is 14.2. The summed E-state index contributed by atoms with van der Waals surface area (Å²) in [7, 11) is 3.12. The van der Waals surface area contributed by atoms with Gasteiger partial charge in [0, 0.05) is 12.8 Å². The average Bonchev–Trinajstić information content (AvgIpc) is 3.22. The molecule has 0 heterocycles. The van der Waals surface area contributed by atoms with Gasteiger partial charge in [-0.1, -0.05) is 11.6 Å². The number of halogens is 1. The minimum absolute atomic E-state index is 0.140. The van der Waals surface area contributed by atoms with E-state index in [2.05, 4.69) is 5.32 Å². The highest BCUT2D eigenvalue weighted by molar-refractivity contribution is 6.32. The molecule has 1 N–H and O–H groups in total. The van der Waals surface area contributed by atoms with Gasteiger partial charge in [-0.25, -0.2) is 0 Å². The maximum Gasteiger partial charge on any atom is 0.256 e. The van der Waals surface area contributed by atoms with E-state index in [9.17, 15) is 4.79 Å². The third-order valence-corrected chi connectivity index (χ3v) is 3.94. The van der Waals surface area contributed by atoms with E-state index in [0.29, 0.717) is 22.4 Å². The van der Waals surface area contributed by atoms with Gasteiger partial charge in [0.15, 0.2) is 0 Å². The van der Waals surface area contributed by atoms with Gasteiger partial charge in [-0.15, -0.1) is 0 Å². The first-order valence-corrected chi connectivity index (χ1v) is 6.59. The molecular weight excluding hydrogens is 266 g/mol. The highest BCUT2D eigenvalue weighted by Crippen LogP contribution is 2.42. The minimum Gasteiger partial charge on any atom is -0.495 e. The number of carbonyl (C=O) groups is 1. The molecule has 4 nitrogen and oxygen atoms in total. The Bertz CT molecular complexity index is 488. The van der Waals surface area contributed by atoms with E-state index in [0.717, 1.165) is 12.8 Å². The van der Waals surface area contributed by atoms with Gasteiger partial charge < -0.3 is 14.8 Å². The average molecular weight is 284 g/mol. The maximum atomic E-state index is 12.3. The molecule has 19 heavy (non-hydrogen) atoms. The van der Waals surface area contributed by atoms with Gasteiger partial charge in [0.25, 0.3) is 5.91 Å². The van der Waals surface area contributed by atoms with Crippen LogP contribution < -0.4 is 10.1 Å². The summed E-state index contributed by atoms with van der Waals surface area (Å²) in [6.45, 7) is 1.82. The lowest BCUT2D eigenvalue weighted by Crippen LogP contribution is -2.44. The Balaban J connectivity index is 2.12. The fraction of sp³-hybridized carbons (Fsp3) is 0.500. The quantitative estimate of drug-likeness (QED) is 0.903. The first-order chi connectivity index (χ1) is 9.01. The monoisotopic (exact) mass is 283 g/mol. The second-order valence-corrected chi connectivity index (χ2v) is 5.30. The Morgan fingerprint density at radius 1 is 1.42 bits per heavy atom. The van der Waals surface area contributed by atoms with Crippen LogP contribution in [0.1, 0.15) is 19.8 Å². The molecule has 0 aromatic heterocycles. The van der Waals surface area contributed by atoms with E-state index in [4.69, 9.17) is 21.1 Å². The fourth-order valence-corrected chi connectivity index (χ4v) is 2.34. The standard InChI is InChI=1S/C14H18ClNO3/c1-14(19-3,9-4-5-9)13(17)16-10-6-7-12(18-2)11(15)8-10/h6-9H,4-5H2,1-3H3,(H,16,17). The summed E-state index contributed by atoms with van der Waals surface area (Å²) in [4.78, 5) is 12.3. The zero-order chi connectivity index (χ0) is 14.0. The van der Waals surface area contributed by atoms with Gasteiger partial charge in [0.1, 0.15) is 11.4 Å². The number of hydrogen-bond donors (Lipinski definition) is 1. The molecular formula is C14H18ClNO3. The van der Waals surface area contributed by atoms with Crippen molar-refractivity contribution in [2.45, 2.75) is 25.4 Å². The van der Waals surface area contributed by atoms with E-state index in [1.165, 1.54) is 0 Å². The van der Waals surface area contributed by atoms with Gasteiger partial charge in [-0.2, -0.15) is 0 Å². The minimum atomic E-state index is -0.771. The maximum absolute atomic E-state index is 12.3. The summed E-state index contributed by atoms with van der Waals surface area (Å²) < 4.78 is 10.5. The van der Waals surface area contributed by atoms with Gasteiger partial charge in [-0.3, -0.25) is 4.79 Å². The van der Waals surface area contributed by atoms with Crippen LogP contribution in [-0.4, -0.2) is 25.7 Å². The number of nitrogens with one attached hydrogen (secondary N) is 1. The summed E-state index contributed by atoms with van der Waals surface area (Å²) in [5, 5.41) is 3.31. The van der Waals surface area contributed by atoms with Crippen molar-refractivity contribution in [3.05, 3.63) is 23.2 Å². The fourth-order valence-electron chi connectivity index (χ4n) is 2.08. The Hall–Kier alpha value is -1.26. The zero-order valence-electron chi connectivity index (χ0n) is 11.3. The molecule has 1 aromatic carbocycles. The summed E-state index contributed by atoms with van der Waals surface area (Å²) >= 11 is 6.03. The molecule has 5 heteroatoms. The van der Waals surface area contributed by atoms with E-state index in [1.54, 1.807) is 32.4 Å². The van der Waals surface area contributed by atoms with Crippen LogP contribution in [-0.2, 0) is 9.53 Å². The second-order valence-electron chi connectivity index (χ2n) is 4.89. The summed E-state index contributed by atoms with van der Waals surface area (Å²) in [5.74, 6) is 0.737. The van der Waals surface area contributed by atoms with E-state index in [-0.39, 0.29) is 5.91 Å². The van der Waals surface area contributed by atoms with Crippen molar-refractivity contribution in [1.82, 2.24) is 0 Å². The molecule has 1 saturated carbocycles. The molecule has 0 saturated heterocycles. The Kier molecular flexibility index (Phi) is 4.02. The van der Waals surface area contributed by atoms with Gasteiger partial charge in [-0.05, 0) is 43.9 Å². The summed E-state index contributed by atoms with van der Waals surface area (Å²) in [6.07, 6.45) is 2.06. The molecule has 0 bridgehead atoms. The molecule has 0 spiro atoms. The smallest absolute Gasteiger partial charge is 0.256 e. The number of hydrogen-bond acceptors (Lipinski definition) is 3. The van der Waals surface area contributed by atoms with Crippen LogP contribution in [0.25, 0.3) is 0 Å². The third-order valence-electron chi connectivity index (χ3n) is 3.64. The molecule has 0 aliphatic heterocycles. The number of anilines is 1. The van der Waals surface area contributed by atoms with Crippen molar-refractivity contribution in [3.8, 4) is 5.75 Å². The van der Waals surface area contributed by atoms with Crippen LogP contribution >= 0.6 is 11.6 Å². The molecule has 1 aromatic rings. The number of ether oxygens (including phenoxy) is 2. The van der Waals surface area contributed by atoms with Crippen molar-refractivity contribution in [2.24, 2.45) is 5.92 Å². The predicted molar refractivity (Wildman–Crippen MR) is 74.8 cm³/mol. The van der Waals surface area contributed by atoms with Crippen molar-refractivity contribution in [1.29, 1.82) is 0 Å². The van der Waals surface area contributed by atoms with Gasteiger partial charge in [0.05, 0.1) is 12.1 Å². The van der Waals surface area contributed by atoms with Crippen LogP contribution in [0.15, 0.2) is 18.2 Å². The molecule has 1 aliphatic carbocycles. The summed E-state index contributed by atoms with van der Waals surface area (Å²) in [6, 6.07) is 5.14. The Labute approximate surface area is 118 Å². The predicted octanol–water partition coefficient (Wildman–Crippen LogP) is 3.10. The lowest BCUT2D eigenvalue weighted by Gasteiger charge is -2.26. The molecule has 2 rings (SSSR count). The topological polar surface area (TPSA) is 47.6 Å². The van der Waals surface area contributed by atoms with E-state index in [1.807, 2.05) is 6.92 Å². The van der Waals surface area contributed by atoms with Crippen molar-refractivity contribution in [2.75, 3.05) is 19.5 Å². The van der Waals surface area contributed by atoms with Crippen LogP contribution in [0.3, 0.4) is 0 Å². The molecule has 1 amide bonds. The Morgan fingerprint density at radius 2 is 2.11 bits per heavy atom. The largest absolute Gasteiger partial charge is 0.495 e. The van der Waals surface area contributed by atoms with Crippen LogP contribution in [0, 0.1) is 5.92 Å². The lowest BCUT2D eigenvalue weighted by atomic mass is 9.99. The molecule has 1 fully saturated rings.